The van der Waals surface area contributed by atoms with E-state index in [1.807, 2.05) is 12.1 Å². The molecule has 3 N–H and O–H groups in total. The molecule has 0 unspecified atom stereocenters. The van der Waals surface area contributed by atoms with E-state index in [4.69, 9.17) is 15.3 Å². The van der Waals surface area contributed by atoms with Gasteiger partial charge in [0.1, 0.15) is 6.04 Å². The molecule has 0 saturated carbocycles. The van der Waals surface area contributed by atoms with Gasteiger partial charge < -0.3 is 15.3 Å². The van der Waals surface area contributed by atoms with E-state index in [1.165, 1.54) is 16.3 Å². The van der Waals surface area contributed by atoms with E-state index < -0.39 is 17.8 Å². The Labute approximate surface area is 113 Å². The number of carboxylic acid groups (broad SMARTS) is 1. The fourth-order valence-corrected chi connectivity index (χ4v) is 2.54. The number of nitrogens with zero attached hydrogens (tertiary/aromatic N) is 1. The van der Waals surface area contributed by atoms with E-state index in [0.29, 0.717) is 23.6 Å². The molecule has 0 fully saturated rings. The molecule has 7 heteroatoms. The number of para-hydroxylation sites is 2. The summed E-state index contributed by atoms with van der Waals surface area (Å²) in [5, 5.41) is 8.64. The Morgan fingerprint density at radius 3 is 2.95 bits per heavy atom. The molecule has 0 radical (unpaired) electrons. The first kappa shape index (κ1) is 13.7. The van der Waals surface area contributed by atoms with Gasteiger partial charge in [-0.25, -0.2) is 4.79 Å². The van der Waals surface area contributed by atoms with Crippen molar-refractivity contribution < 1.29 is 14.3 Å². The monoisotopic (exact) mass is 282 g/mol. The Hall–Kier alpha value is -1.73. The summed E-state index contributed by atoms with van der Waals surface area (Å²) in [6.45, 7) is 0.465. The molecule has 0 aliphatic heterocycles. The number of carbonyl (C=O) groups is 1. The summed E-state index contributed by atoms with van der Waals surface area (Å²) in [4.78, 5) is 22.2. The lowest BCUT2D eigenvalue weighted by Crippen LogP contribution is -2.32. The smallest absolute Gasteiger partial charge is 0.419 e. The lowest BCUT2D eigenvalue weighted by molar-refractivity contribution is -0.137. The van der Waals surface area contributed by atoms with Gasteiger partial charge in [0, 0.05) is 18.1 Å². The quantitative estimate of drug-likeness (QED) is 0.758. The van der Waals surface area contributed by atoms with Crippen LogP contribution in [0.3, 0.4) is 0 Å². The zero-order valence-corrected chi connectivity index (χ0v) is 10.9. The van der Waals surface area contributed by atoms with Crippen LogP contribution in [-0.2, 0) is 11.3 Å². The van der Waals surface area contributed by atoms with E-state index in [0.717, 1.165) is 5.52 Å². The summed E-state index contributed by atoms with van der Waals surface area (Å²) < 4.78 is 6.63. The number of hydrogen-bond donors (Lipinski definition) is 2. The molecule has 102 valence electrons. The van der Waals surface area contributed by atoms with Crippen molar-refractivity contribution in [2.75, 3.05) is 11.5 Å². The van der Waals surface area contributed by atoms with Crippen molar-refractivity contribution in [3.05, 3.63) is 34.8 Å². The molecule has 1 aromatic carbocycles. The second-order valence-corrected chi connectivity index (χ2v) is 5.16. The van der Waals surface area contributed by atoms with Crippen molar-refractivity contribution in [2.45, 2.75) is 12.6 Å². The van der Waals surface area contributed by atoms with Gasteiger partial charge in [-0.2, -0.15) is 11.8 Å². The molecule has 1 heterocycles. The van der Waals surface area contributed by atoms with Gasteiger partial charge in [-0.05, 0) is 12.1 Å². The molecule has 0 aliphatic carbocycles. The molecule has 2 aromatic rings. The summed E-state index contributed by atoms with van der Waals surface area (Å²) in [6.07, 6.45) is 0. The number of aromatic nitrogens is 1. The molecule has 0 spiro atoms. The Balaban J connectivity index is 1.97. The van der Waals surface area contributed by atoms with Crippen LogP contribution < -0.4 is 11.5 Å². The zero-order chi connectivity index (χ0) is 13.8. The first-order valence-electron chi connectivity index (χ1n) is 5.74. The molecule has 2 rings (SSSR count). The van der Waals surface area contributed by atoms with Gasteiger partial charge in [0.2, 0.25) is 0 Å². The molecule has 1 atom stereocenters. The van der Waals surface area contributed by atoms with E-state index in [1.54, 1.807) is 12.1 Å². The van der Waals surface area contributed by atoms with Crippen LogP contribution in [0.4, 0.5) is 0 Å². The predicted octanol–water partition coefficient (Wildman–Crippen LogP) is 0.740. The van der Waals surface area contributed by atoms with Crippen LogP contribution in [-0.4, -0.2) is 33.2 Å². The van der Waals surface area contributed by atoms with E-state index in [-0.39, 0.29) is 0 Å². The number of rotatable bonds is 6. The zero-order valence-electron chi connectivity index (χ0n) is 10.1. The maximum atomic E-state index is 11.6. The molecular formula is C12H14N2O4S. The number of nitrogens with two attached hydrogens (primary N) is 1. The number of benzene rings is 1. The number of aliphatic carboxylic acids is 1. The Bertz CT molecular complexity index is 634. The third-order valence-corrected chi connectivity index (χ3v) is 3.71. The average molecular weight is 282 g/mol. The fourth-order valence-electron chi connectivity index (χ4n) is 1.66. The number of hydrogen-bond acceptors (Lipinski definition) is 5. The van der Waals surface area contributed by atoms with Crippen molar-refractivity contribution in [3.8, 4) is 0 Å². The summed E-state index contributed by atoms with van der Waals surface area (Å²) in [5.41, 5.74) is 6.69. The van der Waals surface area contributed by atoms with Crippen molar-refractivity contribution in [2.24, 2.45) is 5.73 Å². The average Bonchev–Trinajstić information content (AvgIpc) is 2.70. The van der Waals surface area contributed by atoms with Gasteiger partial charge in [0.25, 0.3) is 0 Å². The number of oxazole rings is 1. The van der Waals surface area contributed by atoms with Crippen molar-refractivity contribution >= 4 is 28.8 Å². The normalized spacial score (nSPS) is 12.7. The topological polar surface area (TPSA) is 98.5 Å². The molecule has 0 aliphatic rings. The number of carboxylic acids is 1. The highest BCUT2D eigenvalue weighted by Gasteiger charge is 2.12. The molecule has 0 amide bonds. The Kier molecular flexibility index (Phi) is 4.28. The van der Waals surface area contributed by atoms with Crippen LogP contribution in [0, 0.1) is 0 Å². The minimum atomic E-state index is -1.02. The summed E-state index contributed by atoms with van der Waals surface area (Å²) in [5.74, 6) is -0.493. The van der Waals surface area contributed by atoms with Gasteiger partial charge >= 0.3 is 11.7 Å². The van der Waals surface area contributed by atoms with E-state index in [9.17, 15) is 9.59 Å². The van der Waals surface area contributed by atoms with Crippen molar-refractivity contribution in [1.82, 2.24) is 4.57 Å². The summed E-state index contributed by atoms with van der Waals surface area (Å²) in [7, 11) is 0. The third-order valence-electron chi connectivity index (χ3n) is 2.65. The highest BCUT2D eigenvalue weighted by Crippen LogP contribution is 2.12. The first-order chi connectivity index (χ1) is 9.09. The highest BCUT2D eigenvalue weighted by molar-refractivity contribution is 7.99. The molecule has 6 nitrogen and oxygen atoms in total. The number of thioether (sulfide) groups is 1. The van der Waals surface area contributed by atoms with Crippen LogP contribution >= 0.6 is 11.8 Å². The second kappa shape index (κ2) is 5.94. The molecule has 19 heavy (non-hydrogen) atoms. The van der Waals surface area contributed by atoms with Crippen LogP contribution in [0.2, 0.25) is 0 Å². The SMILES string of the molecule is N[C@H](CSCCn1c(=O)oc2ccccc21)C(=O)O. The molecule has 0 saturated heterocycles. The lowest BCUT2D eigenvalue weighted by atomic mass is 10.3. The van der Waals surface area contributed by atoms with Gasteiger partial charge in [-0.15, -0.1) is 0 Å². The maximum absolute atomic E-state index is 11.6. The van der Waals surface area contributed by atoms with Crippen LogP contribution in [0.25, 0.3) is 11.1 Å². The van der Waals surface area contributed by atoms with Crippen LogP contribution in [0.15, 0.2) is 33.5 Å². The van der Waals surface area contributed by atoms with Crippen LogP contribution in [0.5, 0.6) is 0 Å². The Morgan fingerprint density at radius 2 is 2.21 bits per heavy atom. The fraction of sp³-hybridized carbons (Fsp3) is 0.333. The van der Waals surface area contributed by atoms with E-state index in [2.05, 4.69) is 0 Å². The highest BCUT2D eigenvalue weighted by atomic mass is 32.2. The van der Waals surface area contributed by atoms with Crippen molar-refractivity contribution in [3.63, 3.8) is 0 Å². The number of fused-ring (bicyclic) bond motifs is 1. The largest absolute Gasteiger partial charge is 0.480 e. The van der Waals surface area contributed by atoms with Gasteiger partial charge in [-0.3, -0.25) is 9.36 Å². The van der Waals surface area contributed by atoms with Crippen molar-refractivity contribution in [1.29, 1.82) is 0 Å². The molecular weight excluding hydrogens is 268 g/mol. The van der Waals surface area contributed by atoms with E-state index >= 15 is 0 Å². The maximum Gasteiger partial charge on any atom is 0.419 e. The summed E-state index contributed by atoms with van der Waals surface area (Å²) in [6, 6.07) is 6.31. The molecule has 1 aromatic heterocycles. The Morgan fingerprint density at radius 1 is 1.47 bits per heavy atom. The predicted molar refractivity (Wildman–Crippen MR) is 73.4 cm³/mol. The number of aryl methyl sites for hydroxylation is 1. The first-order valence-corrected chi connectivity index (χ1v) is 6.89. The summed E-state index contributed by atoms with van der Waals surface area (Å²) >= 11 is 1.40. The molecule has 0 bridgehead atoms. The van der Waals surface area contributed by atoms with Gasteiger partial charge in [0.05, 0.1) is 5.52 Å². The van der Waals surface area contributed by atoms with Gasteiger partial charge in [-0.1, -0.05) is 12.1 Å². The lowest BCUT2D eigenvalue weighted by Gasteiger charge is -2.06. The standard InChI is InChI=1S/C12H14N2O4S/c13-8(11(15)16)7-19-6-5-14-9-3-1-2-4-10(9)18-12(14)17/h1-4,8H,5-7,13H2,(H,15,16)/t8-/m1/s1. The van der Waals surface area contributed by atoms with Gasteiger partial charge in [0.15, 0.2) is 5.58 Å². The minimum absolute atomic E-state index is 0.319. The van der Waals surface area contributed by atoms with Crippen LogP contribution in [0.1, 0.15) is 0 Å². The second-order valence-electron chi connectivity index (χ2n) is 4.01. The third kappa shape index (κ3) is 3.18. The minimum Gasteiger partial charge on any atom is -0.480 e.